The maximum absolute atomic E-state index is 12.3. The van der Waals surface area contributed by atoms with Crippen LogP contribution in [0.4, 0.5) is 0 Å². The van der Waals surface area contributed by atoms with Crippen LogP contribution in [0.15, 0.2) is 52.7 Å². The molecule has 0 aromatic heterocycles. The SMILES string of the molecule is CC1=C/C=C\C=C/C([C@H]2CC(OCSSC(C)(C)CNC(=O)CCCN=[N+]=[N-])[C@@H](COP(=O)(O)OP(=O)(O)OP(=O)(O)O)O2)=C\1. The number of hydrogen-bond donors (Lipinski definition) is 5. The summed E-state index contributed by atoms with van der Waals surface area (Å²) >= 11 is 0. The van der Waals surface area contributed by atoms with Gasteiger partial charge < -0.3 is 34.4 Å². The molecule has 1 fully saturated rings. The summed E-state index contributed by atoms with van der Waals surface area (Å²) in [4.78, 5) is 51.5. The summed E-state index contributed by atoms with van der Waals surface area (Å²) in [5, 5.41) is 6.24. The molecular formula is C23H37N4O13P3S2. The molecule has 0 aromatic carbocycles. The quantitative estimate of drug-likeness (QED) is 0.0217. The lowest BCUT2D eigenvalue weighted by atomic mass is 10.0. The third kappa shape index (κ3) is 16.9. The lowest BCUT2D eigenvalue weighted by Gasteiger charge is -2.24. The van der Waals surface area contributed by atoms with Crippen LogP contribution in [0.5, 0.6) is 0 Å². The third-order valence-electron chi connectivity index (χ3n) is 5.71. The Morgan fingerprint density at radius 3 is 2.60 bits per heavy atom. The number of nitrogens with zero attached hydrogens (tertiary/aromatic N) is 3. The van der Waals surface area contributed by atoms with Gasteiger partial charge in [0.2, 0.25) is 5.91 Å². The molecule has 2 rings (SSSR count). The fourth-order valence-corrected chi connectivity index (χ4v) is 9.01. The van der Waals surface area contributed by atoms with Gasteiger partial charge in [-0.05, 0) is 38.3 Å². The minimum absolute atomic E-state index is 0.150. The molecule has 22 heteroatoms. The number of carbonyl (C=O) groups excluding carboxylic acids is 1. The van der Waals surface area contributed by atoms with Crippen molar-refractivity contribution in [3.63, 3.8) is 0 Å². The molecule has 1 heterocycles. The molecule has 2 aliphatic rings. The minimum Gasteiger partial charge on any atom is -0.365 e. The van der Waals surface area contributed by atoms with Crippen molar-refractivity contribution >= 4 is 51.0 Å². The summed E-state index contributed by atoms with van der Waals surface area (Å²) in [6.45, 7) is 5.73. The van der Waals surface area contributed by atoms with Crippen molar-refractivity contribution < 1.29 is 60.7 Å². The molecule has 254 valence electrons. The van der Waals surface area contributed by atoms with Crippen molar-refractivity contribution in [1.82, 2.24) is 5.32 Å². The predicted molar refractivity (Wildman–Crippen MR) is 168 cm³/mol. The van der Waals surface area contributed by atoms with Gasteiger partial charge in [0.15, 0.2) is 0 Å². The Labute approximate surface area is 268 Å². The fourth-order valence-electron chi connectivity index (χ4n) is 3.81. The summed E-state index contributed by atoms with van der Waals surface area (Å²) in [6.07, 6.45) is 10.0. The standard InChI is InChI=1S/C23H37N4O13P3S2/c1-17-8-5-4-6-9-18(12-17)19-13-20(21(38-19)14-37-42(32,33)40-43(34,35)39-41(29,30)31)36-16-44-45-23(2,3)15-25-22(28)10-7-11-26-27-24/h4-6,8-9,12,19-21H,7,10-11,13-16H2,1-3H3,(H,25,28)(H,32,33)(H,34,35)(H2,29,30,31)/b5-4-,6-4?,8-5?,9-6-,17-8-,17-12?,18-9?,18-12+/t19-,20?,21-/m1/s1. The monoisotopic (exact) mass is 734 g/mol. The largest absolute Gasteiger partial charge is 0.490 e. The Balaban J connectivity index is 2.00. The maximum Gasteiger partial charge on any atom is 0.490 e. The first-order valence-electron chi connectivity index (χ1n) is 13.3. The lowest BCUT2D eigenvalue weighted by Crippen LogP contribution is -2.35. The zero-order valence-corrected chi connectivity index (χ0v) is 28.9. The molecule has 1 aliphatic carbocycles. The second-order valence-corrected chi connectivity index (χ2v) is 17.6. The van der Waals surface area contributed by atoms with Gasteiger partial charge in [0.1, 0.15) is 12.0 Å². The number of phosphoric acid groups is 3. The molecule has 1 saturated heterocycles. The highest BCUT2D eigenvalue weighted by Crippen LogP contribution is 2.66. The van der Waals surface area contributed by atoms with Crippen LogP contribution in [-0.2, 0) is 41.1 Å². The molecular weight excluding hydrogens is 697 g/mol. The van der Waals surface area contributed by atoms with E-state index in [1.165, 1.54) is 21.6 Å². The van der Waals surface area contributed by atoms with E-state index in [4.69, 9.17) is 29.3 Å². The molecule has 0 bridgehead atoms. The maximum atomic E-state index is 12.3. The van der Waals surface area contributed by atoms with Crippen molar-refractivity contribution in [3.8, 4) is 0 Å². The van der Waals surface area contributed by atoms with Crippen LogP contribution < -0.4 is 5.32 Å². The van der Waals surface area contributed by atoms with Gasteiger partial charge in [-0.1, -0.05) is 68.7 Å². The molecule has 0 radical (unpaired) electrons. The third-order valence-corrected chi connectivity index (χ3v) is 12.4. The smallest absolute Gasteiger partial charge is 0.365 e. The van der Waals surface area contributed by atoms with Crippen LogP contribution in [0.25, 0.3) is 10.4 Å². The number of carbonyl (C=O) groups is 1. The Bertz CT molecular complexity index is 1350. The molecule has 5 N–H and O–H groups in total. The molecule has 1 aliphatic heterocycles. The number of rotatable bonds is 19. The van der Waals surface area contributed by atoms with Crippen LogP contribution in [-0.4, -0.2) is 74.2 Å². The number of nitrogens with one attached hydrogen (secondary N) is 1. The lowest BCUT2D eigenvalue weighted by molar-refractivity contribution is -0.121. The molecule has 0 saturated carbocycles. The minimum atomic E-state index is -5.67. The number of amides is 1. The van der Waals surface area contributed by atoms with E-state index in [9.17, 15) is 28.3 Å². The summed E-state index contributed by atoms with van der Waals surface area (Å²) in [7, 11) is -13.8. The van der Waals surface area contributed by atoms with Crippen molar-refractivity contribution in [2.75, 3.05) is 25.6 Å². The van der Waals surface area contributed by atoms with Gasteiger partial charge in [0, 0.05) is 35.6 Å². The zero-order valence-electron chi connectivity index (χ0n) is 24.6. The Morgan fingerprint density at radius 1 is 1.18 bits per heavy atom. The van der Waals surface area contributed by atoms with Gasteiger partial charge in [-0.15, -0.1) is 0 Å². The van der Waals surface area contributed by atoms with Crippen LogP contribution in [0.1, 0.15) is 40.0 Å². The van der Waals surface area contributed by atoms with Crippen LogP contribution in [0.2, 0.25) is 0 Å². The van der Waals surface area contributed by atoms with E-state index in [0.29, 0.717) is 19.4 Å². The zero-order chi connectivity index (χ0) is 33.7. The molecule has 5 atom stereocenters. The summed E-state index contributed by atoms with van der Waals surface area (Å²) < 4.78 is 59.0. The van der Waals surface area contributed by atoms with Gasteiger partial charge in [-0.3, -0.25) is 9.32 Å². The molecule has 1 amide bonds. The number of azide groups is 1. The van der Waals surface area contributed by atoms with Crippen molar-refractivity contribution in [3.05, 3.63) is 58.0 Å². The van der Waals surface area contributed by atoms with Crippen molar-refractivity contribution in [2.24, 2.45) is 5.11 Å². The second kappa shape index (κ2) is 18.3. The van der Waals surface area contributed by atoms with E-state index >= 15 is 0 Å². The first-order valence-corrected chi connectivity index (χ1v) is 20.1. The van der Waals surface area contributed by atoms with Gasteiger partial charge >= 0.3 is 23.5 Å². The van der Waals surface area contributed by atoms with Crippen molar-refractivity contribution in [2.45, 2.75) is 63.1 Å². The topological polar surface area (TPSA) is 256 Å². The van der Waals surface area contributed by atoms with Gasteiger partial charge in [-0.2, -0.15) is 8.62 Å². The highest BCUT2D eigenvalue weighted by molar-refractivity contribution is 8.77. The number of allylic oxidation sites excluding steroid dienone is 6. The molecule has 0 aromatic rings. The number of ether oxygens (including phenoxy) is 2. The van der Waals surface area contributed by atoms with Gasteiger partial charge in [0.25, 0.3) is 0 Å². The molecule has 3 unspecified atom stereocenters. The van der Waals surface area contributed by atoms with Gasteiger partial charge in [-0.25, -0.2) is 13.7 Å². The van der Waals surface area contributed by atoms with E-state index in [1.54, 1.807) is 0 Å². The highest BCUT2D eigenvalue weighted by atomic mass is 33.1. The Kier molecular flexibility index (Phi) is 16.3. The highest BCUT2D eigenvalue weighted by Gasteiger charge is 2.43. The van der Waals surface area contributed by atoms with Crippen LogP contribution in [0, 0.1) is 0 Å². The Morgan fingerprint density at radius 2 is 1.91 bits per heavy atom. The summed E-state index contributed by atoms with van der Waals surface area (Å²) in [5.41, 5.74) is 10.0. The second-order valence-electron chi connectivity index (χ2n) is 10.2. The van der Waals surface area contributed by atoms with Crippen LogP contribution in [0.3, 0.4) is 0 Å². The van der Waals surface area contributed by atoms with E-state index in [2.05, 4.69) is 24.0 Å². The average Bonchev–Trinajstić information content (AvgIpc) is 3.30. The number of hydrogen-bond acceptors (Lipinski definition) is 12. The van der Waals surface area contributed by atoms with Gasteiger partial charge in [0.05, 0.1) is 18.8 Å². The summed E-state index contributed by atoms with van der Waals surface area (Å²) in [6, 6.07) is 0. The predicted octanol–water partition coefficient (Wildman–Crippen LogP) is 5.20. The normalized spacial score (nSPS) is 26.9. The first-order chi connectivity index (χ1) is 20.9. The molecule has 45 heavy (non-hydrogen) atoms. The van der Waals surface area contributed by atoms with E-state index in [0.717, 1.165) is 11.1 Å². The van der Waals surface area contributed by atoms with E-state index < -0.39 is 48.4 Å². The first kappa shape index (κ1) is 39.9. The molecule has 0 spiro atoms. The average molecular weight is 735 g/mol. The van der Waals surface area contributed by atoms with Crippen LogP contribution >= 0.6 is 45.1 Å². The summed E-state index contributed by atoms with van der Waals surface area (Å²) in [5.74, 6) is -0.0127. The van der Waals surface area contributed by atoms with Crippen molar-refractivity contribution in [1.29, 1.82) is 0 Å². The fraction of sp³-hybridized carbons (Fsp3) is 0.609. The van der Waals surface area contributed by atoms with E-state index in [-0.39, 0.29) is 29.6 Å². The number of phosphoric ester groups is 1. The molecule has 17 nitrogen and oxygen atoms in total. The van der Waals surface area contributed by atoms with E-state index in [1.807, 2.05) is 57.2 Å². The Hall–Kier alpha value is -1.23.